The Balaban J connectivity index is 2.14. The van der Waals surface area contributed by atoms with Crippen LogP contribution in [-0.2, 0) is 4.79 Å². The quantitative estimate of drug-likeness (QED) is 0.873. The van der Waals surface area contributed by atoms with Crippen molar-refractivity contribution in [2.45, 2.75) is 46.6 Å². The van der Waals surface area contributed by atoms with Crippen LogP contribution in [0.4, 0.5) is 0 Å². The van der Waals surface area contributed by atoms with Crippen LogP contribution < -0.4 is 10.6 Å². The summed E-state index contributed by atoms with van der Waals surface area (Å²) in [6.45, 7) is 10.2. The van der Waals surface area contributed by atoms with Gasteiger partial charge in [-0.1, -0.05) is 50.6 Å². The van der Waals surface area contributed by atoms with Gasteiger partial charge in [0.05, 0.1) is 11.5 Å². The van der Waals surface area contributed by atoms with Crippen LogP contribution in [-0.4, -0.2) is 19.0 Å². The molecule has 116 valence electrons. The molecule has 0 aromatic heterocycles. The molecule has 1 heterocycles. The van der Waals surface area contributed by atoms with E-state index in [0.717, 1.165) is 25.9 Å². The Morgan fingerprint density at radius 3 is 2.48 bits per heavy atom. The highest BCUT2D eigenvalue weighted by Gasteiger charge is 2.44. The Morgan fingerprint density at radius 2 is 2.00 bits per heavy atom. The van der Waals surface area contributed by atoms with E-state index in [0.29, 0.717) is 5.92 Å². The minimum absolute atomic E-state index is 0.106. The lowest BCUT2D eigenvalue weighted by atomic mass is 9.75. The zero-order chi connectivity index (χ0) is 15.5. The van der Waals surface area contributed by atoms with Gasteiger partial charge in [0.2, 0.25) is 5.91 Å². The molecule has 21 heavy (non-hydrogen) atoms. The van der Waals surface area contributed by atoms with Gasteiger partial charge in [0.25, 0.3) is 0 Å². The maximum Gasteiger partial charge on any atom is 0.228 e. The van der Waals surface area contributed by atoms with E-state index in [1.807, 2.05) is 0 Å². The van der Waals surface area contributed by atoms with Gasteiger partial charge in [-0.15, -0.1) is 0 Å². The van der Waals surface area contributed by atoms with Crippen molar-refractivity contribution in [3.05, 3.63) is 35.4 Å². The van der Waals surface area contributed by atoms with Crippen molar-refractivity contribution in [3.8, 4) is 0 Å². The van der Waals surface area contributed by atoms with Crippen molar-refractivity contribution in [2.24, 2.45) is 11.3 Å². The zero-order valence-corrected chi connectivity index (χ0v) is 13.7. The predicted octanol–water partition coefficient (Wildman–Crippen LogP) is 3.20. The van der Waals surface area contributed by atoms with Gasteiger partial charge in [-0.2, -0.15) is 0 Å². The summed E-state index contributed by atoms with van der Waals surface area (Å²) in [4.78, 5) is 12.9. The molecular weight excluding hydrogens is 260 g/mol. The van der Waals surface area contributed by atoms with E-state index >= 15 is 0 Å². The number of carbonyl (C=O) groups excluding carboxylic acids is 1. The van der Waals surface area contributed by atoms with E-state index in [1.54, 1.807) is 0 Å². The third-order valence-electron chi connectivity index (χ3n) is 4.94. The van der Waals surface area contributed by atoms with Crippen LogP contribution >= 0.6 is 0 Å². The topological polar surface area (TPSA) is 41.1 Å². The van der Waals surface area contributed by atoms with Gasteiger partial charge in [-0.25, -0.2) is 0 Å². The van der Waals surface area contributed by atoms with Crippen molar-refractivity contribution < 1.29 is 4.79 Å². The van der Waals surface area contributed by atoms with Crippen LogP contribution in [0.25, 0.3) is 0 Å². The summed E-state index contributed by atoms with van der Waals surface area (Å²) in [5.74, 6) is 0.554. The van der Waals surface area contributed by atoms with Crippen molar-refractivity contribution in [1.82, 2.24) is 10.6 Å². The summed E-state index contributed by atoms with van der Waals surface area (Å²) in [5, 5.41) is 6.64. The monoisotopic (exact) mass is 288 g/mol. The van der Waals surface area contributed by atoms with Gasteiger partial charge < -0.3 is 10.6 Å². The first-order valence-electron chi connectivity index (χ1n) is 8.08. The molecule has 0 aliphatic carbocycles. The molecule has 0 spiro atoms. The molecule has 2 atom stereocenters. The molecule has 1 aliphatic rings. The lowest BCUT2D eigenvalue weighted by Crippen LogP contribution is -2.47. The second-order valence-corrected chi connectivity index (χ2v) is 6.58. The van der Waals surface area contributed by atoms with Gasteiger partial charge >= 0.3 is 0 Å². The highest BCUT2D eigenvalue weighted by atomic mass is 16.2. The normalized spacial score (nSPS) is 23.3. The molecule has 0 bridgehead atoms. The fourth-order valence-corrected chi connectivity index (χ4v) is 3.18. The number of nitrogens with one attached hydrogen (secondary N) is 2. The number of carbonyl (C=O) groups is 1. The first kappa shape index (κ1) is 16.0. The average molecular weight is 288 g/mol. The molecule has 1 aromatic rings. The van der Waals surface area contributed by atoms with Crippen LogP contribution in [0.1, 0.15) is 50.8 Å². The molecule has 3 heteroatoms. The van der Waals surface area contributed by atoms with Gasteiger partial charge in [0.1, 0.15) is 0 Å². The van der Waals surface area contributed by atoms with Crippen LogP contribution in [0.15, 0.2) is 24.3 Å². The summed E-state index contributed by atoms with van der Waals surface area (Å²) in [7, 11) is 0. The van der Waals surface area contributed by atoms with E-state index < -0.39 is 0 Å². The molecule has 1 saturated heterocycles. The van der Waals surface area contributed by atoms with Gasteiger partial charge in [0, 0.05) is 6.54 Å². The molecule has 3 nitrogen and oxygen atoms in total. The lowest BCUT2D eigenvalue weighted by Gasteiger charge is -2.33. The Hall–Kier alpha value is -1.35. The van der Waals surface area contributed by atoms with Gasteiger partial charge in [-0.05, 0) is 37.8 Å². The van der Waals surface area contributed by atoms with E-state index in [9.17, 15) is 4.79 Å². The van der Waals surface area contributed by atoms with Crippen molar-refractivity contribution in [2.75, 3.05) is 13.1 Å². The van der Waals surface area contributed by atoms with E-state index in [-0.39, 0.29) is 17.4 Å². The summed E-state index contributed by atoms with van der Waals surface area (Å²) < 4.78 is 0. The maximum absolute atomic E-state index is 12.9. The first-order chi connectivity index (χ1) is 9.99. The molecule has 2 N–H and O–H groups in total. The predicted molar refractivity (Wildman–Crippen MR) is 87.1 cm³/mol. The Morgan fingerprint density at radius 1 is 1.33 bits per heavy atom. The number of benzene rings is 1. The second kappa shape index (κ2) is 6.61. The Labute approximate surface area is 128 Å². The maximum atomic E-state index is 12.9. The summed E-state index contributed by atoms with van der Waals surface area (Å²) in [6, 6.07) is 8.57. The number of rotatable bonds is 5. The minimum Gasteiger partial charge on any atom is -0.349 e. The molecule has 1 fully saturated rings. The van der Waals surface area contributed by atoms with Crippen molar-refractivity contribution in [3.63, 3.8) is 0 Å². The summed E-state index contributed by atoms with van der Waals surface area (Å²) >= 11 is 0. The van der Waals surface area contributed by atoms with Crippen LogP contribution in [0.3, 0.4) is 0 Å². The molecule has 2 unspecified atom stereocenters. The zero-order valence-electron chi connectivity index (χ0n) is 13.7. The van der Waals surface area contributed by atoms with Crippen LogP contribution in [0.5, 0.6) is 0 Å². The molecule has 1 amide bonds. The highest BCUT2D eigenvalue weighted by Crippen LogP contribution is 2.35. The van der Waals surface area contributed by atoms with Crippen LogP contribution in [0, 0.1) is 18.3 Å². The smallest absolute Gasteiger partial charge is 0.228 e. The minimum atomic E-state index is -0.252. The van der Waals surface area contributed by atoms with E-state index in [4.69, 9.17) is 0 Å². The Bertz CT molecular complexity index is 472. The van der Waals surface area contributed by atoms with Crippen LogP contribution in [0.2, 0.25) is 0 Å². The molecule has 1 aliphatic heterocycles. The molecule has 0 saturated carbocycles. The van der Waals surface area contributed by atoms with Gasteiger partial charge in [0.15, 0.2) is 0 Å². The molecular formula is C18H28N2O. The first-order valence-corrected chi connectivity index (χ1v) is 8.08. The summed E-state index contributed by atoms with van der Waals surface area (Å²) in [6.07, 6.45) is 1.84. The largest absolute Gasteiger partial charge is 0.349 e. The molecule has 2 rings (SSSR count). The number of aryl methyl sites for hydroxylation is 1. The lowest BCUT2D eigenvalue weighted by molar-refractivity contribution is -0.133. The number of hydrogen-bond donors (Lipinski definition) is 2. The highest BCUT2D eigenvalue weighted by molar-refractivity contribution is 5.84. The fourth-order valence-electron chi connectivity index (χ4n) is 3.18. The van der Waals surface area contributed by atoms with E-state index in [2.05, 4.69) is 62.6 Å². The summed E-state index contributed by atoms with van der Waals surface area (Å²) in [5.41, 5.74) is 2.19. The molecule has 0 radical (unpaired) electrons. The van der Waals surface area contributed by atoms with E-state index in [1.165, 1.54) is 11.1 Å². The third-order valence-corrected chi connectivity index (χ3v) is 4.94. The third kappa shape index (κ3) is 3.29. The molecule has 1 aromatic carbocycles. The fraction of sp³-hybridized carbons (Fsp3) is 0.611. The Kier molecular flexibility index (Phi) is 5.04. The van der Waals surface area contributed by atoms with Gasteiger partial charge in [-0.3, -0.25) is 4.79 Å². The van der Waals surface area contributed by atoms with Crippen molar-refractivity contribution in [1.29, 1.82) is 0 Å². The average Bonchev–Trinajstić information content (AvgIpc) is 2.96. The number of hydrogen-bond acceptors (Lipinski definition) is 2. The number of amides is 1. The SMILES string of the molecule is CCC(NC(=O)C1(C(C)C)CCNC1)c1ccc(C)cc1. The van der Waals surface area contributed by atoms with Crippen molar-refractivity contribution >= 4 is 5.91 Å². The second-order valence-electron chi connectivity index (χ2n) is 6.58. The standard InChI is InChI=1S/C18H28N2O/c1-5-16(15-8-6-14(4)7-9-15)20-17(21)18(13(2)3)10-11-19-12-18/h6-9,13,16,19H,5,10-12H2,1-4H3,(H,20,21).